The number of piperidine rings is 1. The Balaban J connectivity index is 1.36. The normalized spacial score (nSPS) is 23.4. The minimum Gasteiger partial charge on any atom is -0.381 e. The molecule has 2 saturated heterocycles. The van der Waals surface area contributed by atoms with Gasteiger partial charge in [-0.3, -0.25) is 14.3 Å². The lowest BCUT2D eigenvalue weighted by Crippen LogP contribution is -2.48. The van der Waals surface area contributed by atoms with Crippen molar-refractivity contribution in [3.05, 3.63) is 41.2 Å². The van der Waals surface area contributed by atoms with E-state index >= 15 is 0 Å². The van der Waals surface area contributed by atoms with Gasteiger partial charge in [-0.25, -0.2) is 32.0 Å². The summed E-state index contributed by atoms with van der Waals surface area (Å²) in [5.74, 6) is -7.76. The highest BCUT2D eigenvalue weighted by atomic mass is 19.3. The van der Waals surface area contributed by atoms with Crippen LogP contribution in [0.15, 0.2) is 18.5 Å². The number of imidazole rings is 1. The van der Waals surface area contributed by atoms with E-state index in [2.05, 4.69) is 15.7 Å². The zero-order chi connectivity index (χ0) is 31.1. The fourth-order valence-corrected chi connectivity index (χ4v) is 6.58. The highest BCUT2D eigenvalue weighted by Crippen LogP contribution is 2.41. The molecule has 3 aromatic heterocycles. The van der Waals surface area contributed by atoms with Gasteiger partial charge in [-0.2, -0.15) is 10.2 Å². The third kappa shape index (κ3) is 6.42. The number of halogens is 4. The van der Waals surface area contributed by atoms with E-state index in [9.17, 15) is 27.2 Å². The van der Waals surface area contributed by atoms with Gasteiger partial charge >= 0.3 is 0 Å². The Labute approximate surface area is 251 Å². The number of hydrogen-bond donors (Lipinski definition) is 2. The molecule has 0 aromatic carbocycles. The average molecular weight is 621 g/mol. The standard InChI is InChI=1S/C29H36F4N8O3/c1-2-40-22(5-10-35-40)26(43)37-24(17-3-8-28(30,31)9-4-17)21-15-41-27(36-21)38-23(18-6-11-44-12-7-18)20(39-41)13-19-14-29(32,33)16-34-25(19)42/h5,10,15,17-19,24H,2-4,6-9,11-14,16H2,1H3,(H,34,42)(H,37,43)/t19-,24-/m0/s1. The zero-order valence-electron chi connectivity index (χ0n) is 24.4. The molecule has 11 nitrogen and oxygen atoms in total. The van der Waals surface area contributed by atoms with Crippen molar-refractivity contribution >= 4 is 17.6 Å². The number of rotatable bonds is 8. The largest absolute Gasteiger partial charge is 0.381 e. The maximum Gasteiger partial charge on any atom is 0.270 e. The van der Waals surface area contributed by atoms with Gasteiger partial charge < -0.3 is 15.4 Å². The molecule has 0 spiro atoms. The molecule has 2 N–H and O–H groups in total. The van der Waals surface area contributed by atoms with Crippen molar-refractivity contribution in [2.75, 3.05) is 19.8 Å². The third-order valence-corrected chi connectivity index (χ3v) is 9.01. The fraction of sp³-hybridized carbons (Fsp3) is 0.655. The molecule has 2 aliphatic heterocycles. The lowest BCUT2D eigenvalue weighted by molar-refractivity contribution is -0.136. The molecular weight excluding hydrogens is 584 g/mol. The number of amides is 2. The van der Waals surface area contributed by atoms with Gasteiger partial charge in [-0.05, 0) is 44.6 Å². The molecule has 0 bridgehead atoms. The topological polar surface area (TPSA) is 128 Å². The first-order valence-corrected chi connectivity index (χ1v) is 15.2. The number of nitrogens with one attached hydrogen (secondary N) is 2. The molecule has 1 saturated carbocycles. The molecule has 3 aromatic rings. The van der Waals surface area contributed by atoms with Crippen LogP contribution in [0.25, 0.3) is 5.78 Å². The molecule has 6 rings (SSSR count). The second-order valence-corrected chi connectivity index (χ2v) is 12.1. The minimum atomic E-state index is -3.02. The molecule has 1 aliphatic carbocycles. The molecule has 238 valence electrons. The van der Waals surface area contributed by atoms with E-state index in [0.29, 0.717) is 55.4 Å². The number of alkyl halides is 4. The lowest BCUT2D eigenvalue weighted by atomic mass is 9.81. The Morgan fingerprint density at radius 1 is 1.14 bits per heavy atom. The van der Waals surface area contributed by atoms with Crippen LogP contribution < -0.4 is 10.6 Å². The van der Waals surface area contributed by atoms with E-state index in [1.165, 1.54) is 10.7 Å². The van der Waals surface area contributed by atoms with Crippen molar-refractivity contribution < 1.29 is 31.9 Å². The SMILES string of the molecule is CCn1nccc1C(=O)N[C@H](c1cn2nc(C[C@H]3CC(F)(F)CNC3=O)c(C3CCOCC3)nc2n1)C1CCC(F)(F)CC1. The van der Waals surface area contributed by atoms with Crippen LogP contribution >= 0.6 is 0 Å². The van der Waals surface area contributed by atoms with Crippen molar-refractivity contribution in [1.29, 1.82) is 0 Å². The summed E-state index contributed by atoms with van der Waals surface area (Å²) in [4.78, 5) is 35.5. The predicted molar refractivity (Wildman–Crippen MR) is 148 cm³/mol. The lowest BCUT2D eigenvalue weighted by Gasteiger charge is -2.33. The fourth-order valence-electron chi connectivity index (χ4n) is 6.58. The number of aromatic nitrogens is 6. The van der Waals surface area contributed by atoms with Crippen LogP contribution in [0.3, 0.4) is 0 Å². The van der Waals surface area contributed by atoms with Gasteiger partial charge in [0.15, 0.2) is 0 Å². The smallest absolute Gasteiger partial charge is 0.270 e. The Kier molecular flexibility index (Phi) is 8.33. The predicted octanol–water partition coefficient (Wildman–Crippen LogP) is 3.85. The summed E-state index contributed by atoms with van der Waals surface area (Å²) < 4.78 is 65.2. The molecule has 2 atom stereocenters. The highest BCUT2D eigenvalue weighted by Gasteiger charge is 2.42. The van der Waals surface area contributed by atoms with E-state index < -0.39 is 48.6 Å². The van der Waals surface area contributed by atoms with Crippen molar-refractivity contribution in [3.63, 3.8) is 0 Å². The number of aryl methyl sites for hydroxylation is 1. The molecule has 0 unspecified atom stereocenters. The number of carbonyl (C=O) groups is 2. The number of ether oxygens (including phenoxy) is 1. The van der Waals surface area contributed by atoms with Crippen molar-refractivity contribution in [3.8, 4) is 0 Å². The molecule has 3 aliphatic rings. The van der Waals surface area contributed by atoms with Crippen LogP contribution in [0.1, 0.15) is 91.4 Å². The summed E-state index contributed by atoms with van der Waals surface area (Å²) in [6, 6.07) is 0.884. The van der Waals surface area contributed by atoms with Gasteiger partial charge in [0.05, 0.1) is 35.9 Å². The average Bonchev–Trinajstić information content (AvgIpc) is 3.65. The number of nitrogens with zero attached hydrogens (tertiary/aromatic N) is 6. The quantitative estimate of drug-likeness (QED) is 0.366. The van der Waals surface area contributed by atoms with Crippen LogP contribution in [0.2, 0.25) is 0 Å². The van der Waals surface area contributed by atoms with Crippen molar-refractivity contribution in [1.82, 2.24) is 40.0 Å². The molecule has 2 amide bonds. The van der Waals surface area contributed by atoms with Crippen molar-refractivity contribution in [2.45, 2.75) is 88.6 Å². The first kappa shape index (κ1) is 30.4. The van der Waals surface area contributed by atoms with Crippen LogP contribution in [-0.2, 0) is 22.5 Å². The van der Waals surface area contributed by atoms with Gasteiger partial charge in [-0.15, -0.1) is 0 Å². The molecule has 15 heteroatoms. The van der Waals surface area contributed by atoms with Crippen LogP contribution in [0.5, 0.6) is 0 Å². The highest BCUT2D eigenvalue weighted by molar-refractivity contribution is 5.92. The molecule has 44 heavy (non-hydrogen) atoms. The summed E-state index contributed by atoms with van der Waals surface area (Å²) >= 11 is 0. The number of carbonyl (C=O) groups excluding carboxylic acids is 2. The van der Waals surface area contributed by atoms with Gasteiger partial charge in [0, 0.05) is 63.5 Å². The van der Waals surface area contributed by atoms with Crippen LogP contribution in [0.4, 0.5) is 17.6 Å². The summed E-state index contributed by atoms with van der Waals surface area (Å²) in [5.41, 5.74) is 1.76. The Bertz CT molecular complexity index is 1510. The Morgan fingerprint density at radius 3 is 2.61 bits per heavy atom. The van der Waals surface area contributed by atoms with E-state index in [4.69, 9.17) is 19.8 Å². The maximum atomic E-state index is 14.2. The summed E-state index contributed by atoms with van der Waals surface area (Å²) in [7, 11) is 0. The second-order valence-electron chi connectivity index (χ2n) is 12.1. The summed E-state index contributed by atoms with van der Waals surface area (Å²) in [5, 5.41) is 14.2. The van der Waals surface area contributed by atoms with Gasteiger partial charge in [0.25, 0.3) is 17.6 Å². The first-order valence-electron chi connectivity index (χ1n) is 15.2. The van der Waals surface area contributed by atoms with E-state index in [0.717, 1.165) is 0 Å². The van der Waals surface area contributed by atoms with Gasteiger partial charge in [-0.1, -0.05) is 0 Å². The zero-order valence-corrected chi connectivity index (χ0v) is 24.4. The van der Waals surface area contributed by atoms with Gasteiger partial charge in [0.2, 0.25) is 11.8 Å². The monoisotopic (exact) mass is 620 g/mol. The third-order valence-electron chi connectivity index (χ3n) is 9.01. The van der Waals surface area contributed by atoms with Crippen LogP contribution in [0, 0.1) is 11.8 Å². The van der Waals surface area contributed by atoms with E-state index in [1.807, 2.05) is 6.92 Å². The van der Waals surface area contributed by atoms with E-state index in [-0.39, 0.29) is 49.7 Å². The van der Waals surface area contributed by atoms with Gasteiger partial charge in [0.1, 0.15) is 5.69 Å². The maximum absolute atomic E-state index is 14.2. The molecule has 5 heterocycles. The molecule has 3 fully saturated rings. The van der Waals surface area contributed by atoms with Crippen LogP contribution in [-0.4, -0.2) is 72.8 Å². The molecular formula is C29H36F4N8O3. The summed E-state index contributed by atoms with van der Waals surface area (Å²) in [6.07, 6.45) is 3.59. The minimum absolute atomic E-state index is 0.0244. The van der Waals surface area contributed by atoms with E-state index in [1.54, 1.807) is 16.9 Å². The Morgan fingerprint density at radius 2 is 1.89 bits per heavy atom. The van der Waals surface area contributed by atoms with Crippen molar-refractivity contribution in [2.24, 2.45) is 11.8 Å². The number of fused-ring (bicyclic) bond motifs is 1. The number of hydrogen-bond acceptors (Lipinski definition) is 7. The summed E-state index contributed by atoms with van der Waals surface area (Å²) in [6.45, 7) is 2.65. The first-order chi connectivity index (χ1) is 21.0. The Hall–Kier alpha value is -3.62. The second kappa shape index (κ2) is 12.1. The molecule has 0 radical (unpaired) electrons.